The fraction of sp³-hybridized carbons (Fsp3) is 0.625. The molecule has 0 saturated heterocycles. The van der Waals surface area contributed by atoms with Crippen LogP contribution in [0.1, 0.15) is 63.2 Å². The number of aromatic nitrogens is 1. The Morgan fingerprint density at radius 2 is 2.05 bits per heavy atom. The van der Waals surface area contributed by atoms with Crippen LogP contribution < -0.4 is 10.6 Å². The van der Waals surface area contributed by atoms with Gasteiger partial charge in [0.25, 0.3) is 5.91 Å². The maximum atomic E-state index is 12.2. The average Bonchev–Trinajstić information content (AvgIpc) is 2.43. The van der Waals surface area contributed by atoms with Gasteiger partial charge in [-0.05, 0) is 32.4 Å². The Morgan fingerprint density at radius 3 is 2.71 bits per heavy atom. The molecule has 1 heterocycles. The first-order valence-electron chi connectivity index (χ1n) is 7.79. The van der Waals surface area contributed by atoms with Crippen LogP contribution >= 0.6 is 11.6 Å². The summed E-state index contributed by atoms with van der Waals surface area (Å²) in [6.07, 6.45) is 5.86. The summed E-state index contributed by atoms with van der Waals surface area (Å²) in [5.41, 5.74) is 0.548. The number of carbonyl (C=O) groups is 1. The van der Waals surface area contributed by atoms with Crippen molar-refractivity contribution < 1.29 is 4.79 Å². The first kappa shape index (κ1) is 17.8. The van der Waals surface area contributed by atoms with Crippen molar-refractivity contribution in [3.05, 3.63) is 22.8 Å². The highest BCUT2D eigenvalue weighted by atomic mass is 35.5. The maximum Gasteiger partial charge on any atom is 0.251 e. The SMILES string of the molecule is CCCCCCC(C)NC(=O)c1cc(Cl)nc(NCC)c1. The average molecular weight is 312 g/mol. The molecule has 2 N–H and O–H groups in total. The molecule has 1 aromatic heterocycles. The number of pyridine rings is 1. The van der Waals surface area contributed by atoms with Crippen molar-refractivity contribution in [2.75, 3.05) is 11.9 Å². The van der Waals surface area contributed by atoms with E-state index in [9.17, 15) is 4.79 Å². The van der Waals surface area contributed by atoms with E-state index >= 15 is 0 Å². The molecule has 118 valence electrons. The smallest absolute Gasteiger partial charge is 0.251 e. The van der Waals surface area contributed by atoms with E-state index in [4.69, 9.17) is 11.6 Å². The second-order valence-corrected chi connectivity index (χ2v) is 5.71. The van der Waals surface area contributed by atoms with Crippen molar-refractivity contribution in [2.45, 2.75) is 58.9 Å². The number of halogens is 1. The van der Waals surface area contributed by atoms with Crippen LogP contribution in [0.4, 0.5) is 5.82 Å². The molecule has 0 bridgehead atoms. The van der Waals surface area contributed by atoms with Crippen molar-refractivity contribution in [1.82, 2.24) is 10.3 Å². The van der Waals surface area contributed by atoms with Crippen molar-refractivity contribution >= 4 is 23.3 Å². The monoisotopic (exact) mass is 311 g/mol. The van der Waals surface area contributed by atoms with Gasteiger partial charge < -0.3 is 10.6 Å². The van der Waals surface area contributed by atoms with Gasteiger partial charge in [0.15, 0.2) is 0 Å². The van der Waals surface area contributed by atoms with E-state index in [1.54, 1.807) is 12.1 Å². The number of unbranched alkanes of at least 4 members (excludes halogenated alkanes) is 3. The summed E-state index contributed by atoms with van der Waals surface area (Å²) in [6.45, 7) is 6.95. The highest BCUT2D eigenvalue weighted by Crippen LogP contribution is 2.15. The quantitative estimate of drug-likeness (QED) is 0.529. The van der Waals surface area contributed by atoms with E-state index < -0.39 is 0 Å². The van der Waals surface area contributed by atoms with Crippen molar-refractivity contribution in [2.24, 2.45) is 0 Å². The minimum Gasteiger partial charge on any atom is -0.370 e. The van der Waals surface area contributed by atoms with Crippen LogP contribution in [0.25, 0.3) is 0 Å². The van der Waals surface area contributed by atoms with Gasteiger partial charge in [0.1, 0.15) is 11.0 Å². The van der Waals surface area contributed by atoms with Crippen LogP contribution in [0.15, 0.2) is 12.1 Å². The van der Waals surface area contributed by atoms with Crippen molar-refractivity contribution in [1.29, 1.82) is 0 Å². The number of carbonyl (C=O) groups excluding carboxylic acids is 1. The Labute approximate surface area is 132 Å². The van der Waals surface area contributed by atoms with Crippen LogP contribution in [-0.2, 0) is 0 Å². The lowest BCUT2D eigenvalue weighted by Crippen LogP contribution is -2.32. The van der Waals surface area contributed by atoms with E-state index in [1.807, 2.05) is 13.8 Å². The molecule has 0 saturated carbocycles. The minimum absolute atomic E-state index is 0.0959. The molecule has 0 spiro atoms. The zero-order chi connectivity index (χ0) is 15.7. The number of hydrogen-bond acceptors (Lipinski definition) is 3. The van der Waals surface area contributed by atoms with Gasteiger partial charge in [0.2, 0.25) is 0 Å². The lowest BCUT2D eigenvalue weighted by Gasteiger charge is -2.14. The standard InChI is InChI=1S/C16H26ClN3O/c1-4-6-7-8-9-12(3)19-16(21)13-10-14(17)20-15(11-13)18-5-2/h10-12H,4-9H2,1-3H3,(H,18,20)(H,19,21). The van der Waals surface area contributed by atoms with E-state index in [2.05, 4.69) is 22.5 Å². The van der Waals surface area contributed by atoms with Crippen molar-refractivity contribution in [3.8, 4) is 0 Å². The summed E-state index contributed by atoms with van der Waals surface area (Å²) < 4.78 is 0. The number of rotatable bonds is 9. The molecule has 0 aromatic carbocycles. The summed E-state index contributed by atoms with van der Waals surface area (Å²) in [4.78, 5) is 16.4. The van der Waals surface area contributed by atoms with E-state index in [1.165, 1.54) is 19.3 Å². The van der Waals surface area contributed by atoms with Gasteiger partial charge in [-0.3, -0.25) is 4.79 Å². The number of nitrogens with zero attached hydrogens (tertiary/aromatic N) is 1. The molecule has 1 unspecified atom stereocenters. The van der Waals surface area contributed by atoms with E-state index in [-0.39, 0.29) is 11.9 Å². The first-order valence-corrected chi connectivity index (χ1v) is 8.17. The Morgan fingerprint density at radius 1 is 1.29 bits per heavy atom. The zero-order valence-corrected chi connectivity index (χ0v) is 14.0. The zero-order valence-electron chi connectivity index (χ0n) is 13.2. The van der Waals surface area contributed by atoms with Crippen LogP contribution in [0, 0.1) is 0 Å². The highest BCUT2D eigenvalue weighted by molar-refractivity contribution is 6.29. The van der Waals surface area contributed by atoms with Gasteiger partial charge in [-0.1, -0.05) is 44.2 Å². The third kappa shape index (κ3) is 6.80. The first-order chi connectivity index (χ1) is 10.1. The highest BCUT2D eigenvalue weighted by Gasteiger charge is 2.12. The molecule has 0 aliphatic carbocycles. The van der Waals surface area contributed by atoms with Crippen molar-refractivity contribution in [3.63, 3.8) is 0 Å². The molecule has 1 aromatic rings. The summed E-state index contributed by atoms with van der Waals surface area (Å²) in [5, 5.41) is 6.41. The largest absolute Gasteiger partial charge is 0.370 e. The molecule has 0 fully saturated rings. The van der Waals surface area contributed by atoms with Crippen LogP contribution in [0.3, 0.4) is 0 Å². The third-order valence-corrected chi connectivity index (χ3v) is 3.48. The second-order valence-electron chi connectivity index (χ2n) is 5.32. The van der Waals surface area contributed by atoms with Gasteiger partial charge >= 0.3 is 0 Å². The molecular formula is C16H26ClN3O. The predicted octanol–water partition coefficient (Wildman–Crippen LogP) is 4.26. The number of anilines is 1. The minimum atomic E-state index is -0.0959. The predicted molar refractivity (Wildman–Crippen MR) is 89.1 cm³/mol. The molecule has 1 rings (SSSR count). The van der Waals surface area contributed by atoms with Crippen LogP contribution in [-0.4, -0.2) is 23.5 Å². The summed E-state index contributed by atoms with van der Waals surface area (Å²) in [7, 11) is 0. The summed E-state index contributed by atoms with van der Waals surface area (Å²) >= 11 is 5.95. The fourth-order valence-corrected chi connectivity index (χ4v) is 2.36. The van der Waals surface area contributed by atoms with Gasteiger partial charge in [-0.15, -0.1) is 0 Å². The molecule has 5 heteroatoms. The normalized spacial score (nSPS) is 12.0. The van der Waals surface area contributed by atoms with Gasteiger partial charge in [-0.2, -0.15) is 0 Å². The Bertz CT molecular complexity index is 451. The van der Waals surface area contributed by atoms with Gasteiger partial charge in [0.05, 0.1) is 0 Å². The van der Waals surface area contributed by atoms with Crippen LogP contribution in [0.2, 0.25) is 5.15 Å². The molecule has 1 amide bonds. The summed E-state index contributed by atoms with van der Waals surface area (Å²) in [5.74, 6) is 0.534. The Balaban J connectivity index is 2.54. The molecule has 0 aliphatic rings. The van der Waals surface area contributed by atoms with E-state index in [0.717, 1.165) is 19.4 Å². The molecular weight excluding hydrogens is 286 g/mol. The lowest BCUT2D eigenvalue weighted by atomic mass is 10.1. The van der Waals surface area contributed by atoms with Gasteiger partial charge in [0, 0.05) is 18.2 Å². The Kier molecular flexibility index (Phi) is 8.13. The molecule has 0 radical (unpaired) electrons. The molecule has 4 nitrogen and oxygen atoms in total. The second kappa shape index (κ2) is 9.61. The lowest BCUT2D eigenvalue weighted by molar-refractivity contribution is 0.0938. The van der Waals surface area contributed by atoms with Crippen LogP contribution in [0.5, 0.6) is 0 Å². The molecule has 0 aliphatic heterocycles. The van der Waals surface area contributed by atoms with E-state index in [0.29, 0.717) is 16.5 Å². The number of nitrogens with one attached hydrogen (secondary N) is 2. The molecule has 1 atom stereocenters. The topological polar surface area (TPSA) is 54.0 Å². The fourth-order valence-electron chi connectivity index (χ4n) is 2.16. The van der Waals surface area contributed by atoms with Gasteiger partial charge in [-0.25, -0.2) is 4.98 Å². The third-order valence-electron chi connectivity index (χ3n) is 3.28. The number of amides is 1. The maximum absolute atomic E-state index is 12.2. The Hall–Kier alpha value is -1.29. The number of hydrogen-bond donors (Lipinski definition) is 2. The summed E-state index contributed by atoms with van der Waals surface area (Å²) in [6, 6.07) is 3.50. The molecule has 21 heavy (non-hydrogen) atoms.